The van der Waals surface area contributed by atoms with E-state index in [9.17, 15) is 8.78 Å². The number of nitrogens with zero attached hydrogens (tertiary/aromatic N) is 1. The van der Waals surface area contributed by atoms with Gasteiger partial charge in [-0.1, -0.05) is 31.5 Å². The van der Waals surface area contributed by atoms with E-state index in [-0.39, 0.29) is 12.3 Å². The van der Waals surface area contributed by atoms with Gasteiger partial charge in [-0.3, -0.25) is 0 Å². The first kappa shape index (κ1) is 21.2. The molecule has 7 heteroatoms. The normalized spacial score (nSPS) is 11.6. The summed E-state index contributed by atoms with van der Waals surface area (Å²) in [5, 5.41) is 6.35. The Morgan fingerprint density at radius 2 is 1.88 bits per heavy atom. The van der Waals surface area contributed by atoms with E-state index in [0.717, 1.165) is 32.4 Å². The minimum Gasteiger partial charge on any atom is -0.434 e. The lowest BCUT2D eigenvalue weighted by molar-refractivity contribution is -0.0504. The van der Waals surface area contributed by atoms with Crippen molar-refractivity contribution in [2.45, 2.75) is 46.3 Å². The number of nitrogens with one attached hydrogen (secondary N) is 2. The highest BCUT2D eigenvalue weighted by atomic mass is 19.3. The topological polar surface area (TPSA) is 54.9 Å². The SMILES string of the molecule is CCCCOCCCNC(=NCc1ccccc1OC(F)F)NCC. The second-order valence-electron chi connectivity index (χ2n) is 5.43. The molecule has 0 unspecified atom stereocenters. The molecule has 1 aromatic carbocycles. The maximum absolute atomic E-state index is 12.4. The van der Waals surface area contributed by atoms with E-state index in [4.69, 9.17) is 4.74 Å². The van der Waals surface area contributed by atoms with Gasteiger partial charge in [-0.15, -0.1) is 0 Å². The molecule has 0 aromatic heterocycles. The third-order valence-electron chi connectivity index (χ3n) is 3.34. The summed E-state index contributed by atoms with van der Waals surface area (Å²) in [5.74, 6) is 0.796. The number of hydrogen-bond donors (Lipinski definition) is 2. The summed E-state index contributed by atoms with van der Waals surface area (Å²) in [6, 6.07) is 6.68. The van der Waals surface area contributed by atoms with E-state index < -0.39 is 6.61 Å². The zero-order valence-corrected chi connectivity index (χ0v) is 15.1. The maximum Gasteiger partial charge on any atom is 0.387 e. The number of unbranched alkanes of at least 4 members (excludes halogenated alkanes) is 1. The quantitative estimate of drug-likeness (QED) is 0.341. The lowest BCUT2D eigenvalue weighted by Gasteiger charge is -2.13. The number of alkyl halides is 2. The predicted octanol–water partition coefficient (Wildman–Crippen LogP) is 3.55. The van der Waals surface area contributed by atoms with Gasteiger partial charge in [0.1, 0.15) is 5.75 Å². The molecule has 0 aliphatic heterocycles. The van der Waals surface area contributed by atoms with Crippen molar-refractivity contribution in [1.82, 2.24) is 10.6 Å². The van der Waals surface area contributed by atoms with E-state index in [1.165, 1.54) is 6.07 Å². The van der Waals surface area contributed by atoms with Gasteiger partial charge in [0.15, 0.2) is 5.96 Å². The molecule has 0 aliphatic rings. The largest absolute Gasteiger partial charge is 0.434 e. The molecule has 25 heavy (non-hydrogen) atoms. The summed E-state index contributed by atoms with van der Waals surface area (Å²) < 4.78 is 34.9. The van der Waals surface area contributed by atoms with Crippen molar-refractivity contribution in [3.05, 3.63) is 29.8 Å². The predicted molar refractivity (Wildman–Crippen MR) is 96.2 cm³/mol. The molecular weight excluding hydrogens is 328 g/mol. The first-order valence-electron chi connectivity index (χ1n) is 8.80. The molecule has 0 aliphatic carbocycles. The summed E-state index contributed by atoms with van der Waals surface area (Å²) in [5.41, 5.74) is 0.614. The van der Waals surface area contributed by atoms with Crippen molar-refractivity contribution in [2.75, 3.05) is 26.3 Å². The van der Waals surface area contributed by atoms with Gasteiger partial charge in [-0.25, -0.2) is 4.99 Å². The van der Waals surface area contributed by atoms with E-state index in [1.54, 1.807) is 18.2 Å². The van der Waals surface area contributed by atoms with Gasteiger partial charge < -0.3 is 20.1 Å². The van der Waals surface area contributed by atoms with Gasteiger partial charge in [0.05, 0.1) is 6.54 Å². The molecule has 1 aromatic rings. The molecule has 0 radical (unpaired) electrons. The van der Waals surface area contributed by atoms with Crippen LogP contribution in [0.3, 0.4) is 0 Å². The summed E-state index contributed by atoms with van der Waals surface area (Å²) >= 11 is 0. The molecular formula is C18H29F2N3O2. The summed E-state index contributed by atoms with van der Waals surface area (Å²) in [4.78, 5) is 4.43. The fourth-order valence-corrected chi connectivity index (χ4v) is 2.08. The average Bonchev–Trinajstić information content (AvgIpc) is 2.59. The first-order chi connectivity index (χ1) is 12.2. The van der Waals surface area contributed by atoms with Crippen LogP contribution in [0.15, 0.2) is 29.3 Å². The fourth-order valence-electron chi connectivity index (χ4n) is 2.08. The fraction of sp³-hybridized carbons (Fsp3) is 0.611. The molecule has 0 saturated carbocycles. The minimum atomic E-state index is -2.84. The van der Waals surface area contributed by atoms with Crippen molar-refractivity contribution >= 4 is 5.96 Å². The van der Waals surface area contributed by atoms with Crippen LogP contribution in [-0.2, 0) is 11.3 Å². The van der Waals surface area contributed by atoms with Gasteiger partial charge in [0.25, 0.3) is 0 Å². The third kappa shape index (κ3) is 9.86. The molecule has 1 rings (SSSR count). The molecule has 0 amide bonds. The van der Waals surface area contributed by atoms with Crippen LogP contribution in [-0.4, -0.2) is 38.9 Å². The number of rotatable bonds is 12. The maximum atomic E-state index is 12.4. The molecule has 0 spiro atoms. The molecule has 2 N–H and O–H groups in total. The molecule has 0 heterocycles. The highest BCUT2D eigenvalue weighted by Crippen LogP contribution is 2.20. The van der Waals surface area contributed by atoms with E-state index >= 15 is 0 Å². The van der Waals surface area contributed by atoms with Crippen LogP contribution < -0.4 is 15.4 Å². The lowest BCUT2D eigenvalue weighted by Crippen LogP contribution is -2.38. The van der Waals surface area contributed by atoms with Crippen molar-refractivity contribution in [2.24, 2.45) is 4.99 Å². The number of halogens is 2. The summed E-state index contributed by atoms with van der Waals surface area (Å²) in [6.45, 7) is 4.47. The zero-order chi connectivity index (χ0) is 18.3. The molecule has 5 nitrogen and oxygen atoms in total. The Morgan fingerprint density at radius 3 is 2.60 bits per heavy atom. The Hall–Kier alpha value is -1.89. The second-order valence-corrected chi connectivity index (χ2v) is 5.43. The number of para-hydroxylation sites is 1. The molecule has 0 atom stereocenters. The Kier molecular flexibility index (Phi) is 11.3. The van der Waals surface area contributed by atoms with Crippen LogP contribution in [0.2, 0.25) is 0 Å². The van der Waals surface area contributed by atoms with Crippen molar-refractivity contribution in [1.29, 1.82) is 0 Å². The lowest BCUT2D eigenvalue weighted by atomic mass is 10.2. The number of ether oxygens (including phenoxy) is 2. The Bertz CT molecular complexity index is 499. The van der Waals surface area contributed by atoms with Crippen molar-refractivity contribution < 1.29 is 18.3 Å². The Labute approximate surface area is 148 Å². The second kappa shape index (κ2) is 13.4. The van der Waals surface area contributed by atoms with Gasteiger partial charge in [-0.05, 0) is 25.8 Å². The highest BCUT2D eigenvalue weighted by Gasteiger charge is 2.08. The van der Waals surface area contributed by atoms with Crippen LogP contribution in [0.25, 0.3) is 0 Å². The average molecular weight is 357 g/mol. The van der Waals surface area contributed by atoms with Crippen molar-refractivity contribution in [3.63, 3.8) is 0 Å². The first-order valence-corrected chi connectivity index (χ1v) is 8.80. The van der Waals surface area contributed by atoms with Crippen molar-refractivity contribution in [3.8, 4) is 5.75 Å². The van der Waals surface area contributed by atoms with Crippen LogP contribution in [0.1, 0.15) is 38.7 Å². The van der Waals surface area contributed by atoms with Crippen LogP contribution in [0.5, 0.6) is 5.75 Å². The standard InChI is InChI=1S/C18H29F2N3O2/c1-3-5-12-24-13-8-11-22-18(21-4-2)23-14-15-9-6-7-10-16(15)25-17(19)20/h6-7,9-10,17H,3-5,8,11-14H2,1-2H3,(H2,21,22,23). The summed E-state index contributed by atoms with van der Waals surface area (Å²) in [7, 11) is 0. The third-order valence-corrected chi connectivity index (χ3v) is 3.34. The zero-order valence-electron chi connectivity index (χ0n) is 15.1. The monoisotopic (exact) mass is 357 g/mol. The smallest absolute Gasteiger partial charge is 0.387 e. The minimum absolute atomic E-state index is 0.154. The number of benzene rings is 1. The van der Waals surface area contributed by atoms with Crippen LogP contribution in [0, 0.1) is 0 Å². The number of hydrogen-bond acceptors (Lipinski definition) is 3. The number of aliphatic imine (C=N–C) groups is 1. The molecule has 0 saturated heterocycles. The van der Waals surface area contributed by atoms with E-state index in [0.29, 0.717) is 24.7 Å². The van der Waals surface area contributed by atoms with Gasteiger partial charge in [-0.2, -0.15) is 8.78 Å². The highest BCUT2D eigenvalue weighted by molar-refractivity contribution is 5.79. The number of guanidine groups is 1. The summed E-state index contributed by atoms with van der Waals surface area (Å²) in [6.07, 6.45) is 3.09. The van der Waals surface area contributed by atoms with Crippen LogP contribution >= 0.6 is 0 Å². The molecule has 142 valence electrons. The Morgan fingerprint density at radius 1 is 1.12 bits per heavy atom. The van der Waals surface area contributed by atoms with Gasteiger partial charge in [0, 0.05) is 31.9 Å². The molecule has 0 fully saturated rings. The van der Waals surface area contributed by atoms with Gasteiger partial charge >= 0.3 is 6.61 Å². The van der Waals surface area contributed by atoms with Gasteiger partial charge in [0.2, 0.25) is 0 Å². The van der Waals surface area contributed by atoms with Crippen LogP contribution in [0.4, 0.5) is 8.78 Å². The molecule has 0 bridgehead atoms. The van der Waals surface area contributed by atoms with E-state index in [2.05, 4.69) is 27.3 Å². The van der Waals surface area contributed by atoms with E-state index in [1.807, 2.05) is 6.92 Å². The Balaban J connectivity index is 2.47.